The van der Waals surface area contributed by atoms with Crippen molar-refractivity contribution in [1.29, 1.82) is 0 Å². The molecule has 0 aromatic heterocycles. The van der Waals surface area contributed by atoms with Gasteiger partial charge in [-0.25, -0.2) is 0 Å². The third kappa shape index (κ3) is 4.71. The van der Waals surface area contributed by atoms with Gasteiger partial charge in [0.2, 0.25) is 0 Å². The quantitative estimate of drug-likeness (QED) is 0.476. The van der Waals surface area contributed by atoms with Crippen molar-refractivity contribution in [2.45, 2.75) is 12.8 Å². The highest BCUT2D eigenvalue weighted by atomic mass is 79.9. The summed E-state index contributed by atoms with van der Waals surface area (Å²) in [4.78, 5) is 0. The van der Waals surface area contributed by atoms with E-state index in [9.17, 15) is 0 Å². The smallest absolute Gasteiger partial charge is 0.0420 e. The Hall–Kier alpha value is -2.84. The van der Waals surface area contributed by atoms with Crippen molar-refractivity contribution in [2.24, 2.45) is 0 Å². The minimum absolute atomic E-state index is 0.807. The first kappa shape index (κ1) is 19.9. The van der Waals surface area contributed by atoms with Crippen LogP contribution in [0.3, 0.4) is 0 Å². The largest absolute Gasteiger partial charge is 0.355 e. The predicted molar refractivity (Wildman–Crippen MR) is 127 cm³/mol. The minimum atomic E-state index is 0.807. The van der Waals surface area contributed by atoms with E-state index in [2.05, 4.69) is 102 Å². The third-order valence-electron chi connectivity index (χ3n) is 4.76. The molecule has 1 aliphatic carbocycles. The van der Waals surface area contributed by atoms with Crippen LogP contribution in [0.25, 0.3) is 12.2 Å². The van der Waals surface area contributed by atoms with Crippen LogP contribution >= 0.6 is 15.9 Å². The maximum absolute atomic E-state index is 4.25. The van der Waals surface area contributed by atoms with E-state index in [1.54, 1.807) is 0 Å². The van der Waals surface area contributed by atoms with E-state index in [-0.39, 0.29) is 0 Å². The Morgan fingerprint density at radius 1 is 0.964 bits per heavy atom. The summed E-state index contributed by atoms with van der Waals surface area (Å²) in [6.07, 6.45) is 13.9. The average Bonchev–Trinajstić information content (AvgIpc) is 2.93. The summed E-state index contributed by atoms with van der Waals surface area (Å²) in [5, 5.41) is 3.51. The van der Waals surface area contributed by atoms with Gasteiger partial charge in [0.1, 0.15) is 0 Å². The highest BCUT2D eigenvalue weighted by Gasteiger charge is 2.09. The highest BCUT2D eigenvalue weighted by Crippen LogP contribution is 2.27. The van der Waals surface area contributed by atoms with Crippen LogP contribution in [0.4, 0.5) is 5.69 Å². The Bertz CT molecular complexity index is 1000. The fourth-order valence-corrected chi connectivity index (χ4v) is 3.60. The summed E-state index contributed by atoms with van der Waals surface area (Å²) in [5.41, 5.74) is 7.74. The molecule has 0 saturated carbocycles. The lowest BCUT2D eigenvalue weighted by molar-refractivity contribution is 1.18. The predicted octanol–water partition coefficient (Wildman–Crippen LogP) is 7.65. The monoisotopic (exact) mass is 429 g/mol. The normalized spacial score (nSPS) is 13.2. The van der Waals surface area contributed by atoms with Gasteiger partial charge < -0.3 is 5.32 Å². The van der Waals surface area contributed by atoms with Crippen LogP contribution < -0.4 is 5.32 Å². The van der Waals surface area contributed by atoms with Gasteiger partial charge in [0.15, 0.2) is 0 Å². The molecule has 2 aromatic rings. The number of para-hydroxylation sites is 1. The Morgan fingerprint density at radius 3 is 2.54 bits per heavy atom. The first-order chi connectivity index (χ1) is 13.6. The van der Waals surface area contributed by atoms with Crippen molar-refractivity contribution in [3.63, 3.8) is 0 Å². The van der Waals surface area contributed by atoms with Crippen molar-refractivity contribution in [3.8, 4) is 0 Å². The molecule has 0 saturated heterocycles. The van der Waals surface area contributed by atoms with Crippen LogP contribution in [0.2, 0.25) is 0 Å². The Morgan fingerprint density at radius 2 is 1.75 bits per heavy atom. The second-order valence-corrected chi connectivity index (χ2v) is 7.50. The summed E-state index contributed by atoms with van der Waals surface area (Å²) < 4.78 is 1.09. The molecule has 0 radical (unpaired) electrons. The number of nitrogens with one attached hydrogen (secondary N) is 1. The van der Waals surface area contributed by atoms with Crippen molar-refractivity contribution < 1.29 is 0 Å². The zero-order valence-corrected chi connectivity index (χ0v) is 17.5. The van der Waals surface area contributed by atoms with Gasteiger partial charge in [0, 0.05) is 22.3 Å². The van der Waals surface area contributed by atoms with Crippen molar-refractivity contribution in [3.05, 3.63) is 125 Å². The molecule has 1 N–H and O–H groups in total. The van der Waals surface area contributed by atoms with Crippen LogP contribution in [-0.4, -0.2) is 0 Å². The van der Waals surface area contributed by atoms with Crippen molar-refractivity contribution in [2.75, 3.05) is 5.32 Å². The van der Waals surface area contributed by atoms with E-state index in [0.29, 0.717) is 0 Å². The molecule has 0 bridgehead atoms. The Balaban J connectivity index is 1.86. The molecule has 1 nitrogen and oxygen atoms in total. The van der Waals surface area contributed by atoms with Gasteiger partial charge in [-0.1, -0.05) is 102 Å². The molecule has 1 aliphatic rings. The maximum atomic E-state index is 4.25. The van der Waals surface area contributed by atoms with Crippen LogP contribution in [0.1, 0.15) is 28.7 Å². The zero-order valence-electron chi connectivity index (χ0n) is 15.9. The molecule has 2 heteroatoms. The molecule has 0 aliphatic heterocycles. The zero-order chi connectivity index (χ0) is 19.9. The Kier molecular flexibility index (Phi) is 6.67. The summed E-state index contributed by atoms with van der Waals surface area (Å²) >= 11 is 3.53. The molecular weight excluding hydrogens is 406 g/mol. The van der Waals surface area contributed by atoms with E-state index in [1.165, 1.54) is 11.1 Å². The third-order valence-corrected chi connectivity index (χ3v) is 5.35. The second kappa shape index (κ2) is 9.38. The first-order valence-electron chi connectivity index (χ1n) is 9.27. The fourth-order valence-electron chi connectivity index (χ4n) is 3.28. The van der Waals surface area contributed by atoms with Gasteiger partial charge in [-0.2, -0.15) is 0 Å². The van der Waals surface area contributed by atoms with Gasteiger partial charge in [-0.05, 0) is 46.4 Å². The number of hydrogen-bond acceptors (Lipinski definition) is 1. The van der Waals surface area contributed by atoms with E-state index in [1.807, 2.05) is 18.2 Å². The number of anilines is 1. The van der Waals surface area contributed by atoms with E-state index in [4.69, 9.17) is 0 Å². The molecule has 0 heterocycles. The average molecular weight is 430 g/mol. The molecule has 0 unspecified atom stereocenters. The van der Waals surface area contributed by atoms with Crippen LogP contribution in [0, 0.1) is 0 Å². The van der Waals surface area contributed by atoms with Crippen molar-refractivity contribution >= 4 is 33.8 Å². The van der Waals surface area contributed by atoms with Crippen LogP contribution in [0.15, 0.2) is 102 Å². The molecule has 0 spiro atoms. The molecule has 3 rings (SSSR count). The van der Waals surface area contributed by atoms with Gasteiger partial charge in [-0.15, -0.1) is 0 Å². The highest BCUT2D eigenvalue weighted by molar-refractivity contribution is 9.11. The number of allylic oxidation sites excluding steroid dienone is 5. The maximum Gasteiger partial charge on any atom is 0.0420 e. The molecule has 0 atom stereocenters. The number of hydrogen-bond donors (Lipinski definition) is 1. The molecular formula is C26H24BrN. The second-order valence-electron chi connectivity index (χ2n) is 6.58. The van der Waals surface area contributed by atoms with E-state index < -0.39 is 0 Å². The van der Waals surface area contributed by atoms with Gasteiger partial charge in [-0.3, -0.25) is 0 Å². The van der Waals surface area contributed by atoms with Crippen LogP contribution in [-0.2, 0) is 6.42 Å². The molecule has 0 amide bonds. The standard InChI is InChI=1S/C26H24BrN/c1-4-20-11-8-13-22(25(20)5-2)18-23-10-6-7-15-26(23)28-19(3)21-12-9-14-24(27)17-16-21/h4-8,10-17,28H,1-3,9,18H2. The molecule has 2 aromatic carbocycles. The summed E-state index contributed by atoms with van der Waals surface area (Å²) in [7, 11) is 0. The summed E-state index contributed by atoms with van der Waals surface area (Å²) in [5.74, 6) is 0. The summed E-state index contributed by atoms with van der Waals surface area (Å²) in [6, 6.07) is 14.6. The van der Waals surface area contributed by atoms with Crippen LogP contribution in [0.5, 0.6) is 0 Å². The first-order valence-corrected chi connectivity index (χ1v) is 10.1. The Labute approximate surface area is 176 Å². The minimum Gasteiger partial charge on any atom is -0.355 e. The molecule has 28 heavy (non-hydrogen) atoms. The van der Waals surface area contributed by atoms with Gasteiger partial charge in [0.05, 0.1) is 0 Å². The lowest BCUT2D eigenvalue weighted by Gasteiger charge is -2.16. The molecule has 0 fully saturated rings. The van der Waals surface area contributed by atoms with Crippen molar-refractivity contribution in [1.82, 2.24) is 0 Å². The number of rotatable bonds is 7. The van der Waals surface area contributed by atoms with E-state index >= 15 is 0 Å². The van der Waals surface area contributed by atoms with E-state index in [0.717, 1.165) is 45.4 Å². The fraction of sp³-hybridized carbons (Fsp3) is 0.0769. The number of halogens is 1. The summed E-state index contributed by atoms with van der Waals surface area (Å²) in [6.45, 7) is 12.2. The topological polar surface area (TPSA) is 12.0 Å². The lowest BCUT2D eigenvalue weighted by Crippen LogP contribution is -2.04. The SMILES string of the molecule is C=Cc1cccc(Cc2ccccc2NC(=C)C2=CCC=C(Br)C=C2)c1C=C. The van der Waals surface area contributed by atoms with Gasteiger partial charge >= 0.3 is 0 Å². The lowest BCUT2D eigenvalue weighted by atomic mass is 9.95. The number of benzene rings is 2. The molecule has 140 valence electrons. The van der Waals surface area contributed by atoms with Gasteiger partial charge in [0.25, 0.3) is 0 Å².